The fourth-order valence-corrected chi connectivity index (χ4v) is 8.21. The Kier molecular flexibility index (Phi) is 32.9. The minimum absolute atomic E-state index is 0.0348. The lowest BCUT2D eigenvalue weighted by Gasteiger charge is -2.23. The number of nitrogens with zero attached hydrogens (tertiary/aromatic N) is 1. The van der Waals surface area contributed by atoms with E-state index >= 15 is 0 Å². The molecule has 0 spiro atoms. The van der Waals surface area contributed by atoms with Crippen LogP contribution in [0.2, 0.25) is 0 Å². The third-order valence-corrected chi connectivity index (χ3v) is 12.4. The molecule has 6 heteroatoms. The van der Waals surface area contributed by atoms with E-state index in [1.807, 2.05) is 13.8 Å². The molecule has 326 valence electrons. The average molecular weight is 778 g/mol. The van der Waals surface area contributed by atoms with Gasteiger partial charge in [0.15, 0.2) is 0 Å². The first-order chi connectivity index (χ1) is 26.7. The first-order valence-corrected chi connectivity index (χ1v) is 24.4. The summed E-state index contributed by atoms with van der Waals surface area (Å²) in [5.41, 5.74) is -0.200. The summed E-state index contributed by atoms with van der Waals surface area (Å²) in [5, 5.41) is 9.49. The molecule has 0 aliphatic heterocycles. The Balaban J connectivity index is 2.30. The first-order valence-electron chi connectivity index (χ1n) is 24.4. The molecular formula is C49H95NO5. The molecule has 0 aromatic heterocycles. The Morgan fingerprint density at radius 2 is 1.05 bits per heavy atom. The zero-order chi connectivity index (χ0) is 40.3. The summed E-state index contributed by atoms with van der Waals surface area (Å²) in [6.45, 7) is 14.8. The van der Waals surface area contributed by atoms with Gasteiger partial charge in [-0.15, -0.1) is 0 Å². The highest BCUT2D eigenvalue weighted by Gasteiger charge is 2.44. The van der Waals surface area contributed by atoms with Crippen molar-refractivity contribution >= 4 is 11.9 Å². The number of unbranched alkanes of at least 4 members (excludes halogenated alkanes) is 21. The van der Waals surface area contributed by atoms with E-state index in [2.05, 4.69) is 25.7 Å². The van der Waals surface area contributed by atoms with Gasteiger partial charge in [-0.2, -0.15) is 0 Å². The molecule has 1 aliphatic carbocycles. The van der Waals surface area contributed by atoms with E-state index in [1.165, 1.54) is 154 Å². The van der Waals surface area contributed by atoms with Crippen molar-refractivity contribution < 1.29 is 24.2 Å². The Hall–Kier alpha value is -1.14. The van der Waals surface area contributed by atoms with Crippen molar-refractivity contribution in [2.24, 2.45) is 10.8 Å². The fourth-order valence-electron chi connectivity index (χ4n) is 8.21. The maximum atomic E-state index is 13.2. The number of aliphatic hydroxyl groups is 1. The van der Waals surface area contributed by atoms with Crippen LogP contribution in [0.5, 0.6) is 0 Å². The molecule has 0 radical (unpaired) electrons. The lowest BCUT2D eigenvalue weighted by atomic mass is 9.87. The van der Waals surface area contributed by atoms with Crippen LogP contribution >= 0.6 is 0 Å². The number of carbonyl (C=O) groups excluding carboxylic acids is 2. The van der Waals surface area contributed by atoms with Gasteiger partial charge in [-0.05, 0) is 109 Å². The Morgan fingerprint density at radius 3 is 1.58 bits per heavy atom. The van der Waals surface area contributed by atoms with Gasteiger partial charge in [-0.3, -0.25) is 9.59 Å². The molecule has 0 bridgehead atoms. The molecular weight excluding hydrogens is 683 g/mol. The molecule has 0 aromatic rings. The number of esters is 2. The van der Waals surface area contributed by atoms with Crippen LogP contribution in [0.3, 0.4) is 0 Å². The van der Waals surface area contributed by atoms with Crippen LogP contribution in [-0.2, 0) is 19.1 Å². The highest BCUT2D eigenvalue weighted by molar-refractivity contribution is 5.75. The van der Waals surface area contributed by atoms with Gasteiger partial charge in [0.05, 0.1) is 18.4 Å². The fraction of sp³-hybridized carbons (Fsp3) is 0.959. The largest absolute Gasteiger partial charge is 0.465 e. The average Bonchev–Trinajstić information content (AvgIpc) is 3.93. The molecule has 1 rings (SSSR count). The van der Waals surface area contributed by atoms with Gasteiger partial charge < -0.3 is 19.5 Å². The Labute approximate surface area is 342 Å². The number of aliphatic hydroxyl groups excluding tert-OH is 1. The second-order valence-electron chi connectivity index (χ2n) is 18.4. The number of carbonyl (C=O) groups is 2. The topological polar surface area (TPSA) is 76.1 Å². The molecule has 1 fully saturated rings. The van der Waals surface area contributed by atoms with Crippen LogP contribution in [0.25, 0.3) is 0 Å². The zero-order valence-electron chi connectivity index (χ0n) is 37.7. The van der Waals surface area contributed by atoms with Crippen molar-refractivity contribution in [1.82, 2.24) is 4.90 Å². The van der Waals surface area contributed by atoms with Crippen molar-refractivity contribution in [3.8, 4) is 0 Å². The van der Waals surface area contributed by atoms with Crippen molar-refractivity contribution in [3.05, 3.63) is 0 Å². The molecule has 1 saturated carbocycles. The van der Waals surface area contributed by atoms with Crippen LogP contribution in [0.1, 0.15) is 253 Å². The second kappa shape index (κ2) is 34.9. The lowest BCUT2D eigenvalue weighted by Crippen LogP contribution is -2.28. The van der Waals surface area contributed by atoms with Crippen molar-refractivity contribution in [3.63, 3.8) is 0 Å². The third-order valence-electron chi connectivity index (χ3n) is 12.4. The van der Waals surface area contributed by atoms with Gasteiger partial charge in [-0.25, -0.2) is 0 Å². The van der Waals surface area contributed by atoms with Crippen molar-refractivity contribution in [2.45, 2.75) is 259 Å². The van der Waals surface area contributed by atoms with E-state index < -0.39 is 5.41 Å². The monoisotopic (exact) mass is 778 g/mol. The number of ether oxygens (including phenoxy) is 2. The smallest absolute Gasteiger partial charge is 0.311 e. The van der Waals surface area contributed by atoms with Crippen LogP contribution in [0.15, 0.2) is 0 Å². The summed E-state index contributed by atoms with van der Waals surface area (Å²) >= 11 is 0. The molecule has 1 N–H and O–H groups in total. The minimum Gasteiger partial charge on any atom is -0.465 e. The highest BCUT2D eigenvalue weighted by Crippen LogP contribution is 2.53. The summed E-state index contributed by atoms with van der Waals surface area (Å²) < 4.78 is 11.9. The number of hydrogen-bond donors (Lipinski definition) is 1. The van der Waals surface area contributed by atoms with Gasteiger partial charge in [0.2, 0.25) is 0 Å². The maximum Gasteiger partial charge on any atom is 0.311 e. The van der Waals surface area contributed by atoms with E-state index in [0.29, 0.717) is 13.0 Å². The van der Waals surface area contributed by atoms with Crippen LogP contribution in [0, 0.1) is 10.8 Å². The standard InChI is InChI=1S/C49H95NO5/c1-6-9-12-15-18-23-31-43-54-47(53)48(4,5)35-27-21-22-29-39-50(41-32-42-51)40-30-24-28-36-49(37-38-49)44-46(52)55-45(33-25-19-16-13-10-7-2)34-26-20-17-14-11-8-3/h45,51H,6-44H2,1-5H3. The van der Waals surface area contributed by atoms with E-state index in [9.17, 15) is 14.7 Å². The molecule has 0 aromatic carbocycles. The maximum absolute atomic E-state index is 13.2. The van der Waals surface area contributed by atoms with E-state index in [1.54, 1.807) is 0 Å². The quantitative estimate of drug-likeness (QED) is 0.0491. The van der Waals surface area contributed by atoms with Gasteiger partial charge >= 0.3 is 11.9 Å². The van der Waals surface area contributed by atoms with Gasteiger partial charge in [0.1, 0.15) is 6.10 Å². The molecule has 0 heterocycles. The normalized spacial score (nSPS) is 13.9. The number of rotatable bonds is 42. The zero-order valence-corrected chi connectivity index (χ0v) is 37.7. The van der Waals surface area contributed by atoms with Crippen molar-refractivity contribution in [1.29, 1.82) is 0 Å². The van der Waals surface area contributed by atoms with E-state index in [0.717, 1.165) is 77.4 Å². The summed E-state index contributed by atoms with van der Waals surface area (Å²) in [6.07, 6.45) is 40.2. The molecule has 0 unspecified atom stereocenters. The van der Waals surface area contributed by atoms with Crippen LogP contribution in [-0.4, -0.2) is 60.9 Å². The molecule has 1 aliphatic rings. The Morgan fingerprint density at radius 1 is 0.600 bits per heavy atom. The predicted octanol–water partition coefficient (Wildman–Crippen LogP) is 14.1. The van der Waals surface area contributed by atoms with E-state index in [4.69, 9.17) is 9.47 Å². The number of hydrogen-bond acceptors (Lipinski definition) is 6. The summed E-state index contributed by atoms with van der Waals surface area (Å²) in [6, 6.07) is 0. The Bertz CT molecular complexity index is 871. The molecule has 0 atom stereocenters. The van der Waals surface area contributed by atoms with Gasteiger partial charge in [0.25, 0.3) is 0 Å². The second-order valence-corrected chi connectivity index (χ2v) is 18.4. The highest BCUT2D eigenvalue weighted by atomic mass is 16.5. The predicted molar refractivity (Wildman–Crippen MR) is 235 cm³/mol. The molecule has 0 saturated heterocycles. The SMILES string of the molecule is CCCCCCCCCOC(=O)C(C)(C)CCCCCCN(CCCO)CCCCCC1(CC(=O)OC(CCCCCCCC)CCCCCCCC)CC1. The summed E-state index contributed by atoms with van der Waals surface area (Å²) in [7, 11) is 0. The lowest BCUT2D eigenvalue weighted by molar-refractivity contribution is -0.154. The third kappa shape index (κ3) is 29.7. The van der Waals surface area contributed by atoms with Crippen LogP contribution < -0.4 is 0 Å². The van der Waals surface area contributed by atoms with Crippen molar-refractivity contribution in [2.75, 3.05) is 32.8 Å². The summed E-state index contributed by atoms with van der Waals surface area (Å²) in [5.74, 6) is 0.0318. The van der Waals surface area contributed by atoms with Gasteiger partial charge in [0, 0.05) is 13.2 Å². The van der Waals surface area contributed by atoms with Crippen LogP contribution in [0.4, 0.5) is 0 Å². The van der Waals surface area contributed by atoms with Gasteiger partial charge in [-0.1, -0.05) is 156 Å². The van der Waals surface area contributed by atoms with E-state index in [-0.39, 0.29) is 30.1 Å². The first kappa shape index (κ1) is 51.9. The molecule has 0 amide bonds. The molecule has 6 nitrogen and oxygen atoms in total. The summed E-state index contributed by atoms with van der Waals surface area (Å²) in [4.78, 5) is 28.4. The minimum atomic E-state index is -0.406. The molecule has 55 heavy (non-hydrogen) atoms.